The van der Waals surface area contributed by atoms with Gasteiger partial charge in [-0.25, -0.2) is 8.42 Å². The molecule has 0 bridgehead atoms. The van der Waals surface area contributed by atoms with E-state index in [2.05, 4.69) is 5.32 Å². The molecule has 3 N–H and O–H groups in total. The Kier molecular flexibility index (Phi) is 6.26. The molecule has 0 aliphatic heterocycles. The number of hydrogen-bond donors (Lipinski definition) is 3. The molecule has 86 valence electrons. The predicted molar refractivity (Wildman–Crippen MR) is 54.9 cm³/mol. The third kappa shape index (κ3) is 4.90. The van der Waals surface area contributed by atoms with Crippen LogP contribution in [-0.4, -0.2) is 55.4 Å². The van der Waals surface area contributed by atoms with Gasteiger partial charge in [0.25, 0.3) is 0 Å². The zero-order valence-electron chi connectivity index (χ0n) is 8.60. The maximum atomic E-state index is 11.3. The van der Waals surface area contributed by atoms with Crippen molar-refractivity contribution in [3.8, 4) is 0 Å². The standard InChI is InChI=1S/C8H19NO4S/c1-7(2)14(12,13)4-3-9-8(5-10)6-11/h7-11H,3-6H2,1-2H3. The van der Waals surface area contributed by atoms with E-state index in [0.717, 1.165) is 0 Å². The third-order valence-electron chi connectivity index (χ3n) is 1.98. The normalized spacial score (nSPS) is 12.7. The van der Waals surface area contributed by atoms with Gasteiger partial charge in [0.05, 0.1) is 30.3 Å². The molecule has 5 nitrogen and oxygen atoms in total. The largest absolute Gasteiger partial charge is 0.395 e. The molecular formula is C8H19NO4S. The minimum absolute atomic E-state index is 0.0289. The summed E-state index contributed by atoms with van der Waals surface area (Å²) in [5.41, 5.74) is 0. The van der Waals surface area contributed by atoms with Gasteiger partial charge in [0.1, 0.15) is 0 Å². The molecule has 6 heteroatoms. The summed E-state index contributed by atoms with van der Waals surface area (Å²) in [5.74, 6) is 0.0289. The summed E-state index contributed by atoms with van der Waals surface area (Å²) >= 11 is 0. The van der Waals surface area contributed by atoms with E-state index in [9.17, 15) is 8.42 Å². The van der Waals surface area contributed by atoms with Crippen LogP contribution in [0.2, 0.25) is 0 Å². The van der Waals surface area contributed by atoms with Gasteiger partial charge in [-0.2, -0.15) is 0 Å². The van der Waals surface area contributed by atoms with Crippen molar-refractivity contribution in [1.29, 1.82) is 0 Å². The Morgan fingerprint density at radius 2 is 1.71 bits per heavy atom. The molecule has 0 radical (unpaired) electrons. The van der Waals surface area contributed by atoms with Gasteiger partial charge in [-0.15, -0.1) is 0 Å². The van der Waals surface area contributed by atoms with Crippen LogP contribution in [0.15, 0.2) is 0 Å². The Bertz CT molecular complexity index is 234. The Balaban J connectivity index is 3.85. The fourth-order valence-corrected chi connectivity index (χ4v) is 1.70. The third-order valence-corrected chi connectivity index (χ3v) is 4.19. The van der Waals surface area contributed by atoms with Gasteiger partial charge in [-0.05, 0) is 13.8 Å². The van der Waals surface area contributed by atoms with Gasteiger partial charge in [-0.3, -0.25) is 0 Å². The summed E-state index contributed by atoms with van der Waals surface area (Å²) < 4.78 is 22.6. The Morgan fingerprint density at radius 3 is 2.07 bits per heavy atom. The van der Waals surface area contributed by atoms with Crippen LogP contribution in [0.1, 0.15) is 13.8 Å². The molecule has 0 aromatic carbocycles. The van der Waals surface area contributed by atoms with Crippen LogP contribution >= 0.6 is 0 Å². The lowest BCUT2D eigenvalue weighted by Gasteiger charge is -2.14. The Labute approximate surface area is 85.1 Å². The van der Waals surface area contributed by atoms with E-state index in [1.807, 2.05) is 0 Å². The van der Waals surface area contributed by atoms with Crippen molar-refractivity contribution in [2.24, 2.45) is 0 Å². The van der Waals surface area contributed by atoms with Crippen LogP contribution in [0.5, 0.6) is 0 Å². The molecule has 0 amide bonds. The second-order valence-electron chi connectivity index (χ2n) is 3.43. The highest BCUT2D eigenvalue weighted by Gasteiger charge is 2.16. The minimum atomic E-state index is -3.04. The zero-order chi connectivity index (χ0) is 11.2. The SMILES string of the molecule is CC(C)S(=O)(=O)CCNC(CO)CO. The zero-order valence-corrected chi connectivity index (χ0v) is 9.42. The predicted octanol–water partition coefficient (Wildman–Crippen LogP) is -1.25. The summed E-state index contributed by atoms with van der Waals surface area (Å²) in [5, 5.41) is 19.8. The molecule has 14 heavy (non-hydrogen) atoms. The molecule has 0 saturated carbocycles. The van der Waals surface area contributed by atoms with Crippen LogP contribution in [0, 0.1) is 0 Å². The second-order valence-corrected chi connectivity index (χ2v) is 6.11. The quantitative estimate of drug-likeness (QED) is 0.504. The van der Waals surface area contributed by atoms with Crippen LogP contribution < -0.4 is 5.32 Å². The van der Waals surface area contributed by atoms with E-state index in [4.69, 9.17) is 10.2 Å². The summed E-state index contributed by atoms with van der Waals surface area (Å²) in [4.78, 5) is 0. The van der Waals surface area contributed by atoms with Gasteiger partial charge in [0.15, 0.2) is 9.84 Å². The van der Waals surface area contributed by atoms with E-state index < -0.39 is 15.9 Å². The Hall–Kier alpha value is -0.170. The topological polar surface area (TPSA) is 86.6 Å². The van der Waals surface area contributed by atoms with Crippen molar-refractivity contribution in [2.75, 3.05) is 25.5 Å². The lowest BCUT2D eigenvalue weighted by Crippen LogP contribution is -2.39. The lowest BCUT2D eigenvalue weighted by atomic mass is 10.3. The second kappa shape index (κ2) is 6.34. The fraction of sp³-hybridized carbons (Fsp3) is 1.00. The number of hydrogen-bond acceptors (Lipinski definition) is 5. The highest BCUT2D eigenvalue weighted by molar-refractivity contribution is 7.92. The molecule has 0 rings (SSSR count). The number of aliphatic hydroxyl groups is 2. The summed E-state index contributed by atoms with van der Waals surface area (Å²) in [6, 6.07) is -0.433. The number of sulfone groups is 1. The molecule has 0 spiro atoms. The first-order valence-electron chi connectivity index (χ1n) is 4.60. The first-order valence-corrected chi connectivity index (χ1v) is 6.32. The van der Waals surface area contributed by atoms with E-state index in [0.29, 0.717) is 0 Å². The van der Waals surface area contributed by atoms with Gasteiger partial charge in [-0.1, -0.05) is 0 Å². The van der Waals surface area contributed by atoms with Crippen LogP contribution in [0.3, 0.4) is 0 Å². The average molecular weight is 225 g/mol. The van der Waals surface area contributed by atoms with Crippen molar-refractivity contribution in [2.45, 2.75) is 25.1 Å². The molecule has 0 aromatic rings. The van der Waals surface area contributed by atoms with Crippen molar-refractivity contribution < 1.29 is 18.6 Å². The molecule has 0 atom stereocenters. The van der Waals surface area contributed by atoms with Crippen molar-refractivity contribution in [3.05, 3.63) is 0 Å². The molecule has 0 fully saturated rings. The van der Waals surface area contributed by atoms with E-state index in [1.54, 1.807) is 13.8 Å². The maximum Gasteiger partial charge on any atom is 0.153 e. The minimum Gasteiger partial charge on any atom is -0.395 e. The smallest absolute Gasteiger partial charge is 0.153 e. The molecule has 0 aromatic heterocycles. The molecule has 0 heterocycles. The molecule has 0 aliphatic carbocycles. The van der Waals surface area contributed by atoms with Crippen LogP contribution in [0.4, 0.5) is 0 Å². The van der Waals surface area contributed by atoms with Gasteiger partial charge in [0, 0.05) is 6.54 Å². The molecule has 0 unspecified atom stereocenters. The molecular weight excluding hydrogens is 206 g/mol. The van der Waals surface area contributed by atoms with Crippen LogP contribution in [0.25, 0.3) is 0 Å². The first kappa shape index (κ1) is 13.8. The van der Waals surface area contributed by atoms with Crippen molar-refractivity contribution >= 4 is 9.84 Å². The summed E-state index contributed by atoms with van der Waals surface area (Å²) in [6.07, 6.45) is 0. The van der Waals surface area contributed by atoms with Crippen molar-refractivity contribution in [1.82, 2.24) is 5.32 Å². The van der Waals surface area contributed by atoms with Gasteiger partial charge in [0.2, 0.25) is 0 Å². The molecule has 0 aliphatic rings. The maximum absolute atomic E-state index is 11.3. The lowest BCUT2D eigenvalue weighted by molar-refractivity contribution is 0.173. The summed E-state index contributed by atoms with van der Waals surface area (Å²) in [7, 11) is -3.04. The average Bonchev–Trinajstić information content (AvgIpc) is 2.12. The highest BCUT2D eigenvalue weighted by Crippen LogP contribution is 1.99. The van der Waals surface area contributed by atoms with Gasteiger partial charge >= 0.3 is 0 Å². The monoisotopic (exact) mass is 225 g/mol. The van der Waals surface area contributed by atoms with E-state index >= 15 is 0 Å². The van der Waals surface area contributed by atoms with Crippen LogP contribution in [-0.2, 0) is 9.84 Å². The van der Waals surface area contributed by atoms with Gasteiger partial charge < -0.3 is 15.5 Å². The fourth-order valence-electron chi connectivity index (χ4n) is 0.828. The first-order chi connectivity index (χ1) is 6.44. The molecule has 0 saturated heterocycles. The Morgan fingerprint density at radius 1 is 1.21 bits per heavy atom. The van der Waals surface area contributed by atoms with E-state index in [1.165, 1.54) is 0 Å². The van der Waals surface area contributed by atoms with Crippen molar-refractivity contribution in [3.63, 3.8) is 0 Å². The van der Waals surface area contributed by atoms with E-state index in [-0.39, 0.29) is 30.8 Å². The number of rotatable bonds is 7. The highest BCUT2D eigenvalue weighted by atomic mass is 32.2. The number of aliphatic hydroxyl groups excluding tert-OH is 2. The number of nitrogens with one attached hydrogen (secondary N) is 1. The summed E-state index contributed by atoms with van der Waals surface area (Å²) in [6.45, 7) is 3.12.